The van der Waals surface area contributed by atoms with E-state index < -0.39 is 140 Å². The van der Waals surface area contributed by atoms with Gasteiger partial charge in [-0.2, -0.15) is 13.6 Å². The van der Waals surface area contributed by atoms with E-state index in [1.807, 2.05) is 0 Å². The molecule has 7 unspecified atom stereocenters. The molecule has 0 radical (unpaired) electrons. The Morgan fingerprint density at radius 2 is 1.39 bits per heavy atom. The Kier molecular flexibility index (Phi) is 17.3. The molecule has 0 saturated carbocycles. The van der Waals surface area contributed by atoms with E-state index in [-0.39, 0.29) is 62.6 Å². The highest BCUT2D eigenvalue weighted by Gasteiger charge is 2.54. The Balaban J connectivity index is 0.889. The van der Waals surface area contributed by atoms with E-state index in [9.17, 15) is 57.6 Å². The van der Waals surface area contributed by atoms with Gasteiger partial charge in [-0.25, -0.2) is 42.8 Å². The first-order valence-electron chi connectivity index (χ1n) is 23.4. The minimum absolute atomic E-state index is 0.00108. The van der Waals surface area contributed by atoms with E-state index in [0.29, 0.717) is 0 Å². The number of nitrogens with two attached hydrogens (primary N) is 2. The average Bonchev–Trinajstić information content (AvgIpc) is 4.22. The molecule has 3 aliphatic rings. The van der Waals surface area contributed by atoms with Gasteiger partial charge in [0.2, 0.25) is 17.7 Å². The SMILES string of the molecule is CNc1ncnc2c1ncn2[C@@H]1O[C@H](COP(=O)(O)OP(=O)(O)OP(=O)(O)SC[C@H]2O[C@@H]([n+]3cn(C)c4c(=O)[nH]c(N)nc43)C(O)[C@H]2OC)[C@H](OP(=O)(O)OC[C@H]2O[C@@H](n3cnc4c(=O)[nH]c(N)nc43)C(O)[C@H]2OC(C)C)C1OC. The van der Waals surface area contributed by atoms with Crippen molar-refractivity contribution in [2.45, 2.75) is 93.6 Å². The van der Waals surface area contributed by atoms with Crippen molar-refractivity contribution in [1.29, 1.82) is 0 Å². The smallest absolute Gasteiger partial charge is 0.386 e. The molecule has 13 N–H and O–H groups in total. The molecule has 440 valence electrons. The molecule has 80 heavy (non-hydrogen) atoms. The van der Waals surface area contributed by atoms with E-state index in [1.54, 1.807) is 20.9 Å². The van der Waals surface area contributed by atoms with Crippen LogP contribution in [0.25, 0.3) is 33.5 Å². The van der Waals surface area contributed by atoms with Gasteiger partial charge in [0.05, 0.1) is 39.0 Å². The number of ether oxygens (including phenoxy) is 6. The fraction of sp³-hybridized carbons (Fsp3) is 0.595. The van der Waals surface area contributed by atoms with E-state index in [0.717, 1.165) is 13.4 Å². The number of nitrogens with zero attached hydrogens (tertiary/aromatic N) is 10. The molecule has 0 spiro atoms. The summed E-state index contributed by atoms with van der Waals surface area (Å²) >= 11 is -0.0187. The van der Waals surface area contributed by atoms with Crippen LogP contribution in [0.5, 0.6) is 0 Å². The second-order valence-corrected chi connectivity index (χ2v) is 26.6. The van der Waals surface area contributed by atoms with Crippen LogP contribution in [0.2, 0.25) is 0 Å². The molecule has 3 saturated heterocycles. The van der Waals surface area contributed by atoms with Crippen molar-refractivity contribution >= 4 is 92.9 Å². The van der Waals surface area contributed by atoms with Crippen molar-refractivity contribution in [3.63, 3.8) is 0 Å². The summed E-state index contributed by atoms with van der Waals surface area (Å²) in [6, 6.07) is 0. The summed E-state index contributed by atoms with van der Waals surface area (Å²) in [5, 5.41) is 25.5. The van der Waals surface area contributed by atoms with Crippen LogP contribution >= 0.6 is 41.6 Å². The average molecular weight is 1230 g/mol. The standard InChI is InChI=1S/C37H53N15O23P4S/c1-14(2)69-24-15(70-33(22(24)54)51-12-44-19-29(51)45-36(38)47-31(19)55)7-67-76(57,58)73-25-16(71-35(26(25)66-6)50-11-43-18-27(40-3)41-10-42-28(18)50)8-68-77(59,60)74-78(61,62)75-79(63,64)80-9-17-23(65-5)21(53)34(72-17)52-13-49(4)20-30(52)46-37(39)48-32(20)56/h10-17,21-26,33-35,53-54H,7-9H2,1-6H3,(H10-,38,39,40,41,42,45,46,47,48,55,56,57,58,59,60,61,62,63,64)/p+1/t15-,16-,17-,21?,22?,23+,24+,25+,26?,33-,34-,35-/m1/s1. The molecular weight excluding hydrogens is 1180 g/mol. The fourth-order valence-electron chi connectivity index (χ4n) is 9.20. The molecule has 9 rings (SSSR count). The number of phosphoric ester groups is 2. The van der Waals surface area contributed by atoms with Crippen molar-refractivity contribution < 1.29 is 103 Å². The first-order chi connectivity index (χ1) is 37.6. The van der Waals surface area contributed by atoms with Gasteiger partial charge in [-0.15, -0.1) is 0 Å². The maximum atomic E-state index is 14.0. The number of fused-ring (bicyclic) bond motifs is 3. The number of aryl methyl sites for hydroxylation is 1. The number of hydrogen-bond donors (Lipinski definition) is 11. The van der Waals surface area contributed by atoms with Gasteiger partial charge in [-0.1, -0.05) is 4.98 Å². The quantitative estimate of drug-likeness (QED) is 0.0258. The van der Waals surface area contributed by atoms with Crippen molar-refractivity contribution in [3.8, 4) is 0 Å². The summed E-state index contributed by atoms with van der Waals surface area (Å²) in [6.07, 6.45) is -12.9. The minimum atomic E-state index is -6.07. The summed E-state index contributed by atoms with van der Waals surface area (Å²) in [4.78, 5) is 98.1. The molecule has 0 aliphatic carbocycles. The predicted octanol–water partition coefficient (Wildman–Crippen LogP) is -1.45. The molecule has 0 aromatic carbocycles. The van der Waals surface area contributed by atoms with Gasteiger partial charge < -0.3 is 75.0 Å². The molecule has 0 bridgehead atoms. The Hall–Kier alpha value is -4.76. The number of aromatic amines is 2. The van der Waals surface area contributed by atoms with Gasteiger partial charge in [-0.05, 0) is 25.2 Å². The molecule has 9 heterocycles. The number of phosphoric acid groups is 3. The monoisotopic (exact) mass is 1230 g/mol. The first-order valence-corrected chi connectivity index (χ1v) is 31.0. The van der Waals surface area contributed by atoms with Crippen LogP contribution < -0.4 is 32.5 Å². The van der Waals surface area contributed by atoms with Gasteiger partial charge in [0.1, 0.15) is 66.8 Å². The number of anilines is 3. The molecule has 3 aliphatic heterocycles. The number of nitrogens with one attached hydrogen (secondary N) is 3. The maximum absolute atomic E-state index is 14.0. The van der Waals surface area contributed by atoms with Crippen LogP contribution in [0.4, 0.5) is 17.7 Å². The summed E-state index contributed by atoms with van der Waals surface area (Å²) < 4.78 is 119. The number of aromatic nitrogens is 12. The van der Waals surface area contributed by atoms with Crippen LogP contribution in [0.3, 0.4) is 0 Å². The van der Waals surface area contributed by atoms with Crippen LogP contribution in [0, 0.1) is 0 Å². The van der Waals surface area contributed by atoms with Crippen molar-refractivity contribution in [2.75, 3.05) is 57.0 Å². The predicted molar refractivity (Wildman–Crippen MR) is 269 cm³/mol. The van der Waals surface area contributed by atoms with Crippen LogP contribution in [0.15, 0.2) is 34.9 Å². The summed E-state index contributed by atoms with van der Waals surface area (Å²) in [7, 11) is -12.0. The summed E-state index contributed by atoms with van der Waals surface area (Å²) in [5.41, 5.74) is 10.4. The molecule has 6 aromatic rings. The van der Waals surface area contributed by atoms with E-state index in [2.05, 4.69) is 53.8 Å². The number of aliphatic hydroxyl groups excluding tert-OH is 2. The zero-order valence-electron chi connectivity index (χ0n) is 42.4. The van der Waals surface area contributed by atoms with Gasteiger partial charge in [0, 0.05) is 27.0 Å². The zero-order chi connectivity index (χ0) is 58.0. The van der Waals surface area contributed by atoms with E-state index >= 15 is 0 Å². The van der Waals surface area contributed by atoms with Gasteiger partial charge >= 0.3 is 35.9 Å². The molecule has 6 aromatic heterocycles. The lowest BCUT2D eigenvalue weighted by Gasteiger charge is -2.27. The second-order valence-electron chi connectivity index (χ2n) is 18.0. The molecule has 0 amide bonds. The van der Waals surface area contributed by atoms with Gasteiger partial charge in [0.15, 0.2) is 41.4 Å². The van der Waals surface area contributed by atoms with Gasteiger partial charge in [-0.3, -0.25) is 46.8 Å². The number of aliphatic hydroxyl groups is 2. The number of H-pyrrole nitrogens is 2. The number of methoxy groups -OCH3 is 2. The summed E-state index contributed by atoms with van der Waals surface area (Å²) in [6.45, 7) is -4.12. The van der Waals surface area contributed by atoms with Crippen LogP contribution in [0.1, 0.15) is 32.5 Å². The summed E-state index contributed by atoms with van der Waals surface area (Å²) in [5.74, 6) is -0.836. The molecule has 38 nitrogen and oxygen atoms in total. The third kappa shape index (κ3) is 12.3. The Morgan fingerprint density at radius 3 is 2.06 bits per heavy atom. The minimum Gasteiger partial charge on any atom is -0.386 e. The Bertz CT molecular complexity index is 3590. The lowest BCUT2D eigenvalue weighted by atomic mass is 10.1. The van der Waals surface area contributed by atoms with Crippen LogP contribution in [-0.4, -0.2) is 185 Å². The van der Waals surface area contributed by atoms with E-state index in [1.165, 1.54) is 51.4 Å². The van der Waals surface area contributed by atoms with Gasteiger partial charge in [0.25, 0.3) is 17.1 Å². The fourth-order valence-corrected chi connectivity index (χ4v) is 16.1. The highest BCUT2D eigenvalue weighted by atomic mass is 32.7. The third-order valence-corrected chi connectivity index (χ3v) is 20.0. The third-order valence-electron chi connectivity index (χ3n) is 12.4. The van der Waals surface area contributed by atoms with Crippen molar-refractivity contribution in [2.24, 2.45) is 7.05 Å². The lowest BCUT2D eigenvalue weighted by Crippen LogP contribution is -2.46. The van der Waals surface area contributed by atoms with Crippen molar-refractivity contribution in [1.82, 2.24) is 53.6 Å². The molecule has 43 heteroatoms. The normalized spacial score (nSPS) is 29.4. The Labute approximate surface area is 452 Å². The topological polar surface area (TPSA) is 517 Å². The number of rotatable bonds is 23. The number of hydrogen-bond acceptors (Lipinski definition) is 29. The van der Waals surface area contributed by atoms with E-state index in [4.69, 9.17) is 53.5 Å². The molecule has 3 fully saturated rings. The number of nitrogen functional groups attached to an aromatic ring is 2. The number of imidazole rings is 3. The Morgan fingerprint density at radius 1 is 0.762 bits per heavy atom. The highest BCUT2D eigenvalue weighted by molar-refractivity contribution is 8.55. The lowest BCUT2D eigenvalue weighted by molar-refractivity contribution is -0.745. The molecule has 16 atom stereocenters. The second kappa shape index (κ2) is 23.1. The maximum Gasteiger partial charge on any atom is 0.488 e. The first kappa shape index (κ1) is 59.8. The largest absolute Gasteiger partial charge is 0.488 e. The van der Waals surface area contributed by atoms with Crippen molar-refractivity contribution in [3.05, 3.63) is 46.0 Å². The van der Waals surface area contributed by atoms with Crippen LogP contribution in [-0.2, 0) is 75.9 Å². The molecular formula is C37H54N15O23P4S+. The highest BCUT2D eigenvalue weighted by Crippen LogP contribution is 2.71. The zero-order valence-corrected chi connectivity index (χ0v) is 46.8.